The summed E-state index contributed by atoms with van der Waals surface area (Å²) in [5.74, 6) is 2.34. The van der Waals surface area contributed by atoms with Crippen LogP contribution in [0.4, 0.5) is 5.69 Å². The van der Waals surface area contributed by atoms with Crippen LogP contribution in [0.3, 0.4) is 0 Å². The van der Waals surface area contributed by atoms with Gasteiger partial charge in [-0.3, -0.25) is 4.79 Å². The van der Waals surface area contributed by atoms with Crippen molar-refractivity contribution in [2.24, 2.45) is 0 Å². The molecule has 0 unspecified atom stereocenters. The van der Waals surface area contributed by atoms with E-state index in [0.29, 0.717) is 5.75 Å². The topological polar surface area (TPSA) is 83.8 Å². The molecule has 0 saturated carbocycles. The number of nitrogens with zero attached hydrogens (tertiary/aromatic N) is 1. The van der Waals surface area contributed by atoms with E-state index in [2.05, 4.69) is 15.3 Å². The molecule has 5 nitrogen and oxygen atoms in total. The maximum Gasteiger partial charge on any atom is 0.229 e. The van der Waals surface area contributed by atoms with Gasteiger partial charge in [-0.2, -0.15) is 11.8 Å². The van der Waals surface area contributed by atoms with E-state index in [0.717, 1.165) is 34.7 Å². The van der Waals surface area contributed by atoms with Crippen molar-refractivity contribution in [3.05, 3.63) is 24.0 Å². The van der Waals surface area contributed by atoms with Gasteiger partial charge in [-0.05, 0) is 18.2 Å². The molecule has 4 N–H and O–H groups in total. The first kappa shape index (κ1) is 12.8. The molecular weight excluding hydrogens is 248 g/mol. The number of benzene rings is 1. The number of thioether (sulfide) groups is 1. The van der Waals surface area contributed by atoms with Crippen LogP contribution in [0.15, 0.2) is 18.2 Å². The van der Waals surface area contributed by atoms with E-state index < -0.39 is 0 Å². The minimum absolute atomic E-state index is 0.0531. The average molecular weight is 264 g/mol. The average Bonchev–Trinajstić information content (AvgIpc) is 2.76. The Labute approximate surface area is 110 Å². The number of aryl methyl sites for hydroxylation is 1. The largest absolute Gasteiger partial charge is 0.399 e. The number of fused-ring (bicyclic) bond motifs is 1. The molecule has 0 atom stereocenters. The SMILES string of the molecule is CNC(=O)CSCCc1nc2ccc(N)cc2[nH]1. The fraction of sp³-hybridized carbons (Fsp3) is 0.333. The lowest BCUT2D eigenvalue weighted by atomic mass is 10.3. The van der Waals surface area contributed by atoms with Crippen LogP contribution < -0.4 is 11.1 Å². The summed E-state index contributed by atoms with van der Waals surface area (Å²) in [6, 6.07) is 5.62. The molecule has 1 heterocycles. The van der Waals surface area contributed by atoms with Gasteiger partial charge in [0.05, 0.1) is 16.8 Å². The molecule has 1 aromatic heterocycles. The second-order valence-corrected chi connectivity index (χ2v) is 5.04. The molecule has 0 fully saturated rings. The van der Waals surface area contributed by atoms with Crippen molar-refractivity contribution in [2.45, 2.75) is 6.42 Å². The van der Waals surface area contributed by atoms with E-state index in [4.69, 9.17) is 5.73 Å². The summed E-state index contributed by atoms with van der Waals surface area (Å²) in [5, 5.41) is 2.59. The van der Waals surface area contributed by atoms with E-state index in [9.17, 15) is 4.79 Å². The smallest absolute Gasteiger partial charge is 0.229 e. The number of anilines is 1. The fourth-order valence-electron chi connectivity index (χ4n) is 1.60. The molecule has 0 spiro atoms. The fourth-order valence-corrected chi connectivity index (χ4v) is 2.42. The van der Waals surface area contributed by atoms with Gasteiger partial charge in [0, 0.05) is 24.9 Å². The van der Waals surface area contributed by atoms with Crippen LogP contribution >= 0.6 is 11.8 Å². The number of carbonyl (C=O) groups excluding carboxylic acids is 1. The van der Waals surface area contributed by atoms with E-state index in [1.54, 1.807) is 18.8 Å². The number of amides is 1. The van der Waals surface area contributed by atoms with Crippen LogP contribution in [-0.4, -0.2) is 34.4 Å². The van der Waals surface area contributed by atoms with Gasteiger partial charge in [-0.1, -0.05) is 0 Å². The predicted octanol–water partition coefficient (Wildman–Crippen LogP) is 1.17. The van der Waals surface area contributed by atoms with Gasteiger partial charge in [0.1, 0.15) is 5.82 Å². The Bertz CT molecular complexity index is 552. The zero-order valence-electron chi connectivity index (χ0n) is 10.2. The van der Waals surface area contributed by atoms with Crippen molar-refractivity contribution in [2.75, 3.05) is 24.3 Å². The first-order valence-electron chi connectivity index (χ1n) is 5.71. The highest BCUT2D eigenvalue weighted by molar-refractivity contribution is 7.99. The van der Waals surface area contributed by atoms with E-state index in [1.807, 2.05) is 18.2 Å². The molecule has 6 heteroatoms. The Morgan fingerprint density at radius 3 is 3.17 bits per heavy atom. The Balaban J connectivity index is 1.90. The summed E-state index contributed by atoms with van der Waals surface area (Å²) < 4.78 is 0. The van der Waals surface area contributed by atoms with Gasteiger partial charge >= 0.3 is 0 Å². The number of imidazole rings is 1. The molecule has 2 aromatic rings. The number of hydrogen-bond acceptors (Lipinski definition) is 4. The zero-order chi connectivity index (χ0) is 13.0. The van der Waals surface area contributed by atoms with Crippen molar-refractivity contribution < 1.29 is 4.79 Å². The Hall–Kier alpha value is -1.69. The number of hydrogen-bond donors (Lipinski definition) is 3. The van der Waals surface area contributed by atoms with E-state index in [-0.39, 0.29) is 5.91 Å². The molecule has 1 amide bonds. The van der Waals surface area contributed by atoms with Crippen LogP contribution in [0.25, 0.3) is 11.0 Å². The molecule has 96 valence electrons. The number of rotatable bonds is 5. The van der Waals surface area contributed by atoms with Crippen molar-refractivity contribution in [1.29, 1.82) is 0 Å². The molecule has 1 aromatic carbocycles. The summed E-state index contributed by atoms with van der Waals surface area (Å²) in [4.78, 5) is 18.7. The first-order valence-corrected chi connectivity index (χ1v) is 6.87. The highest BCUT2D eigenvalue weighted by Gasteiger charge is 2.04. The van der Waals surface area contributed by atoms with E-state index in [1.165, 1.54) is 0 Å². The first-order chi connectivity index (χ1) is 8.69. The minimum atomic E-state index is 0.0531. The van der Waals surface area contributed by atoms with E-state index >= 15 is 0 Å². The molecule has 0 saturated heterocycles. The van der Waals surface area contributed by atoms with Crippen LogP contribution in [-0.2, 0) is 11.2 Å². The van der Waals surface area contributed by atoms with Gasteiger partial charge in [-0.15, -0.1) is 0 Å². The third-order valence-electron chi connectivity index (χ3n) is 2.55. The normalized spacial score (nSPS) is 10.7. The summed E-state index contributed by atoms with van der Waals surface area (Å²) >= 11 is 1.60. The summed E-state index contributed by atoms with van der Waals surface area (Å²) in [5.41, 5.74) is 8.32. The minimum Gasteiger partial charge on any atom is -0.399 e. The maximum atomic E-state index is 11.0. The molecule has 0 bridgehead atoms. The van der Waals surface area contributed by atoms with Gasteiger partial charge in [0.2, 0.25) is 5.91 Å². The summed E-state index contributed by atoms with van der Waals surface area (Å²) in [6.07, 6.45) is 0.816. The molecule has 2 rings (SSSR count). The van der Waals surface area contributed by atoms with Crippen molar-refractivity contribution in [3.8, 4) is 0 Å². The standard InChI is InChI=1S/C12H16N4OS/c1-14-12(17)7-18-5-4-11-15-9-3-2-8(13)6-10(9)16-11/h2-3,6H,4-5,7,13H2,1H3,(H,14,17)(H,15,16). The number of H-pyrrole nitrogens is 1. The second kappa shape index (κ2) is 5.77. The van der Waals surface area contributed by atoms with Crippen molar-refractivity contribution in [1.82, 2.24) is 15.3 Å². The van der Waals surface area contributed by atoms with Gasteiger partial charge in [0.25, 0.3) is 0 Å². The van der Waals surface area contributed by atoms with Gasteiger partial charge in [0.15, 0.2) is 0 Å². The number of aromatic amines is 1. The van der Waals surface area contributed by atoms with Crippen LogP contribution in [0.1, 0.15) is 5.82 Å². The second-order valence-electron chi connectivity index (χ2n) is 3.94. The number of aromatic nitrogens is 2. The Kier molecular flexibility index (Phi) is 4.09. The third kappa shape index (κ3) is 3.16. The Morgan fingerprint density at radius 1 is 1.56 bits per heavy atom. The lowest BCUT2D eigenvalue weighted by Crippen LogP contribution is -2.20. The molecule has 0 aliphatic heterocycles. The molecule has 0 aliphatic rings. The highest BCUT2D eigenvalue weighted by atomic mass is 32.2. The molecule has 0 radical (unpaired) electrons. The number of nitrogen functional groups attached to an aromatic ring is 1. The van der Waals surface area contributed by atoms with Crippen LogP contribution in [0, 0.1) is 0 Å². The number of nitrogens with two attached hydrogens (primary N) is 1. The predicted molar refractivity (Wildman–Crippen MR) is 75.6 cm³/mol. The molecule has 18 heavy (non-hydrogen) atoms. The summed E-state index contributed by atoms with van der Waals surface area (Å²) in [7, 11) is 1.65. The highest BCUT2D eigenvalue weighted by Crippen LogP contribution is 2.15. The Morgan fingerprint density at radius 2 is 2.39 bits per heavy atom. The van der Waals surface area contributed by atoms with Crippen molar-refractivity contribution in [3.63, 3.8) is 0 Å². The lowest BCUT2D eigenvalue weighted by molar-refractivity contribution is -0.118. The maximum absolute atomic E-state index is 11.0. The quantitative estimate of drug-likeness (QED) is 0.559. The van der Waals surface area contributed by atoms with Gasteiger partial charge < -0.3 is 16.0 Å². The monoisotopic (exact) mass is 264 g/mol. The number of nitrogens with one attached hydrogen (secondary N) is 2. The number of carbonyl (C=O) groups is 1. The van der Waals surface area contributed by atoms with Crippen LogP contribution in [0.2, 0.25) is 0 Å². The molecule has 0 aliphatic carbocycles. The van der Waals surface area contributed by atoms with Gasteiger partial charge in [-0.25, -0.2) is 4.98 Å². The zero-order valence-corrected chi connectivity index (χ0v) is 11.0. The summed E-state index contributed by atoms with van der Waals surface area (Å²) in [6.45, 7) is 0. The van der Waals surface area contributed by atoms with Crippen LogP contribution in [0.5, 0.6) is 0 Å². The van der Waals surface area contributed by atoms with Crippen molar-refractivity contribution >= 4 is 34.4 Å². The third-order valence-corrected chi connectivity index (χ3v) is 3.51. The molecular formula is C12H16N4OS. The lowest BCUT2D eigenvalue weighted by Gasteiger charge is -1.98.